The molecule has 0 saturated heterocycles. The van der Waals surface area contributed by atoms with Gasteiger partial charge in [0.05, 0.1) is 5.56 Å². The Morgan fingerprint density at radius 3 is 2.67 bits per heavy atom. The lowest BCUT2D eigenvalue weighted by atomic mass is 10.2. The Bertz CT molecular complexity index is 423. The largest absolute Gasteiger partial charge is 0.367 e. The van der Waals surface area contributed by atoms with Gasteiger partial charge in [0.15, 0.2) is 6.29 Å². The van der Waals surface area contributed by atoms with Gasteiger partial charge >= 0.3 is 0 Å². The van der Waals surface area contributed by atoms with Gasteiger partial charge in [-0.15, -0.1) is 0 Å². The molecular formula is C12H19ClN4O. The van der Waals surface area contributed by atoms with Gasteiger partial charge in [0.1, 0.15) is 16.8 Å². The quantitative estimate of drug-likeness (QED) is 0.633. The van der Waals surface area contributed by atoms with Crippen molar-refractivity contribution in [3.05, 3.63) is 16.5 Å². The molecule has 0 spiro atoms. The van der Waals surface area contributed by atoms with Gasteiger partial charge in [0.25, 0.3) is 0 Å². The molecule has 0 radical (unpaired) electrons. The molecule has 0 aliphatic heterocycles. The maximum absolute atomic E-state index is 11.0. The Balaban J connectivity index is 2.80. The molecular weight excluding hydrogens is 252 g/mol. The van der Waals surface area contributed by atoms with Crippen molar-refractivity contribution in [1.29, 1.82) is 0 Å². The number of carbonyl (C=O) groups is 1. The molecule has 0 saturated carbocycles. The molecule has 100 valence electrons. The van der Waals surface area contributed by atoms with Crippen LogP contribution in [0.15, 0.2) is 0 Å². The number of aryl methyl sites for hydroxylation is 1. The molecule has 0 aliphatic carbocycles. The minimum atomic E-state index is 0.194. The van der Waals surface area contributed by atoms with Crippen molar-refractivity contribution < 1.29 is 4.79 Å². The van der Waals surface area contributed by atoms with E-state index in [1.807, 2.05) is 21.0 Å². The van der Waals surface area contributed by atoms with Crippen LogP contribution < -0.4 is 5.32 Å². The molecule has 0 fully saturated rings. The molecule has 0 bridgehead atoms. The fraction of sp³-hybridized carbons (Fsp3) is 0.583. The van der Waals surface area contributed by atoms with E-state index in [4.69, 9.17) is 11.6 Å². The van der Waals surface area contributed by atoms with Crippen LogP contribution in [0.25, 0.3) is 0 Å². The standard InChI is InChI=1S/C12H19ClN4O/c1-8(5-6-17(3)4)14-12-10(7-18)11(13)15-9(2)16-12/h7-8H,5-6H2,1-4H3,(H,14,15,16). The van der Waals surface area contributed by atoms with Gasteiger partial charge in [0, 0.05) is 6.04 Å². The molecule has 1 N–H and O–H groups in total. The van der Waals surface area contributed by atoms with Crippen LogP contribution in [0.3, 0.4) is 0 Å². The molecule has 0 amide bonds. The van der Waals surface area contributed by atoms with Crippen LogP contribution in [0.2, 0.25) is 5.15 Å². The smallest absolute Gasteiger partial charge is 0.156 e. The normalized spacial score (nSPS) is 12.6. The average molecular weight is 271 g/mol. The second-order valence-electron chi connectivity index (χ2n) is 4.58. The monoisotopic (exact) mass is 270 g/mol. The number of aldehydes is 1. The highest BCUT2D eigenvalue weighted by molar-refractivity contribution is 6.32. The predicted octanol–water partition coefficient (Wildman–Crippen LogP) is 2.00. The third-order valence-corrected chi connectivity index (χ3v) is 2.81. The van der Waals surface area contributed by atoms with Crippen molar-refractivity contribution in [3.63, 3.8) is 0 Å². The van der Waals surface area contributed by atoms with Gasteiger partial charge in [-0.25, -0.2) is 9.97 Å². The summed E-state index contributed by atoms with van der Waals surface area (Å²) in [5.74, 6) is 1.06. The Hall–Kier alpha value is -1.20. The number of hydrogen-bond acceptors (Lipinski definition) is 5. The highest BCUT2D eigenvalue weighted by atomic mass is 35.5. The lowest BCUT2D eigenvalue weighted by molar-refractivity contribution is 0.112. The van der Waals surface area contributed by atoms with Crippen LogP contribution in [0, 0.1) is 6.92 Å². The summed E-state index contributed by atoms with van der Waals surface area (Å²) in [7, 11) is 4.05. The third kappa shape index (κ3) is 4.23. The Morgan fingerprint density at radius 2 is 2.11 bits per heavy atom. The van der Waals surface area contributed by atoms with E-state index in [1.54, 1.807) is 6.92 Å². The molecule has 5 nitrogen and oxygen atoms in total. The topological polar surface area (TPSA) is 58.1 Å². The van der Waals surface area contributed by atoms with Crippen LogP contribution in [-0.4, -0.2) is 47.8 Å². The Morgan fingerprint density at radius 1 is 1.44 bits per heavy atom. The number of carbonyl (C=O) groups excluding carboxylic acids is 1. The SMILES string of the molecule is Cc1nc(Cl)c(C=O)c(NC(C)CCN(C)C)n1. The zero-order chi connectivity index (χ0) is 13.7. The number of hydrogen-bond donors (Lipinski definition) is 1. The number of nitrogens with zero attached hydrogens (tertiary/aromatic N) is 3. The number of aromatic nitrogens is 2. The highest BCUT2D eigenvalue weighted by Crippen LogP contribution is 2.20. The van der Waals surface area contributed by atoms with Gasteiger partial charge < -0.3 is 10.2 Å². The van der Waals surface area contributed by atoms with Gasteiger partial charge in [-0.3, -0.25) is 4.79 Å². The van der Waals surface area contributed by atoms with E-state index in [1.165, 1.54) is 0 Å². The van der Waals surface area contributed by atoms with E-state index in [2.05, 4.69) is 20.2 Å². The molecule has 1 aromatic rings. The van der Waals surface area contributed by atoms with E-state index in [9.17, 15) is 4.79 Å². The average Bonchev–Trinajstić information content (AvgIpc) is 2.26. The summed E-state index contributed by atoms with van der Waals surface area (Å²) >= 11 is 5.92. The van der Waals surface area contributed by atoms with Crippen molar-refractivity contribution in [2.24, 2.45) is 0 Å². The van der Waals surface area contributed by atoms with E-state index >= 15 is 0 Å². The minimum Gasteiger partial charge on any atom is -0.367 e. The zero-order valence-corrected chi connectivity index (χ0v) is 12.0. The summed E-state index contributed by atoms with van der Waals surface area (Å²) in [4.78, 5) is 21.3. The molecule has 6 heteroatoms. The fourth-order valence-electron chi connectivity index (χ4n) is 1.52. The van der Waals surface area contributed by atoms with Crippen LogP contribution in [-0.2, 0) is 0 Å². The number of anilines is 1. The lowest BCUT2D eigenvalue weighted by Crippen LogP contribution is -2.24. The minimum absolute atomic E-state index is 0.194. The van der Waals surface area contributed by atoms with E-state index in [-0.39, 0.29) is 11.2 Å². The van der Waals surface area contributed by atoms with Crippen molar-refractivity contribution in [2.75, 3.05) is 26.0 Å². The molecule has 0 aliphatic rings. The summed E-state index contributed by atoms with van der Waals surface area (Å²) in [6.45, 7) is 4.75. The summed E-state index contributed by atoms with van der Waals surface area (Å²) in [6.07, 6.45) is 1.63. The maximum atomic E-state index is 11.0. The maximum Gasteiger partial charge on any atom is 0.156 e. The van der Waals surface area contributed by atoms with Crippen LogP contribution in [0.1, 0.15) is 29.5 Å². The number of rotatable bonds is 6. The van der Waals surface area contributed by atoms with Crippen molar-refractivity contribution >= 4 is 23.7 Å². The first-order chi connectivity index (χ1) is 8.43. The lowest BCUT2D eigenvalue weighted by Gasteiger charge is -2.18. The summed E-state index contributed by atoms with van der Waals surface area (Å²) in [6, 6.07) is 0.205. The summed E-state index contributed by atoms with van der Waals surface area (Å²) in [5, 5.41) is 3.40. The first-order valence-corrected chi connectivity index (χ1v) is 6.22. The fourth-order valence-corrected chi connectivity index (χ4v) is 1.78. The molecule has 1 rings (SSSR count). The molecule has 18 heavy (non-hydrogen) atoms. The van der Waals surface area contributed by atoms with Crippen molar-refractivity contribution in [1.82, 2.24) is 14.9 Å². The number of halogens is 1. The van der Waals surface area contributed by atoms with Crippen LogP contribution >= 0.6 is 11.6 Å². The molecule has 1 aromatic heterocycles. The first kappa shape index (κ1) is 14.9. The number of nitrogens with one attached hydrogen (secondary N) is 1. The van der Waals surface area contributed by atoms with Crippen LogP contribution in [0.5, 0.6) is 0 Å². The van der Waals surface area contributed by atoms with E-state index < -0.39 is 0 Å². The Kier molecular flexibility index (Phi) is 5.50. The second kappa shape index (κ2) is 6.66. The third-order valence-electron chi connectivity index (χ3n) is 2.52. The molecule has 1 atom stereocenters. The first-order valence-electron chi connectivity index (χ1n) is 5.84. The van der Waals surface area contributed by atoms with Gasteiger partial charge in [-0.05, 0) is 40.9 Å². The van der Waals surface area contributed by atoms with Gasteiger partial charge in [-0.2, -0.15) is 0 Å². The Labute approximate surface area is 113 Å². The van der Waals surface area contributed by atoms with Gasteiger partial charge in [0.2, 0.25) is 0 Å². The van der Waals surface area contributed by atoms with Crippen molar-refractivity contribution in [3.8, 4) is 0 Å². The molecule has 1 heterocycles. The predicted molar refractivity (Wildman–Crippen MR) is 73.4 cm³/mol. The van der Waals surface area contributed by atoms with E-state index in [0.717, 1.165) is 13.0 Å². The molecule has 0 aromatic carbocycles. The summed E-state index contributed by atoms with van der Waals surface area (Å²) in [5.41, 5.74) is 0.318. The van der Waals surface area contributed by atoms with E-state index in [0.29, 0.717) is 23.5 Å². The highest BCUT2D eigenvalue weighted by Gasteiger charge is 2.13. The zero-order valence-electron chi connectivity index (χ0n) is 11.2. The molecule has 1 unspecified atom stereocenters. The second-order valence-corrected chi connectivity index (χ2v) is 4.94. The summed E-state index contributed by atoms with van der Waals surface area (Å²) < 4.78 is 0. The van der Waals surface area contributed by atoms with Gasteiger partial charge in [-0.1, -0.05) is 11.6 Å². The van der Waals surface area contributed by atoms with Crippen LogP contribution in [0.4, 0.5) is 5.82 Å². The van der Waals surface area contributed by atoms with Crippen molar-refractivity contribution in [2.45, 2.75) is 26.3 Å².